The number of amides is 1. The van der Waals surface area contributed by atoms with Crippen LogP contribution in [-0.2, 0) is 4.79 Å². The predicted molar refractivity (Wildman–Crippen MR) is 117 cm³/mol. The molecule has 0 saturated carbocycles. The summed E-state index contributed by atoms with van der Waals surface area (Å²) in [6.45, 7) is 6.54. The molecule has 0 aliphatic carbocycles. The van der Waals surface area contributed by atoms with E-state index in [2.05, 4.69) is 34.6 Å². The van der Waals surface area contributed by atoms with Crippen LogP contribution in [0.5, 0.6) is 5.75 Å². The molecule has 6 nitrogen and oxygen atoms in total. The van der Waals surface area contributed by atoms with Crippen molar-refractivity contribution in [3.05, 3.63) is 53.1 Å². The zero-order valence-corrected chi connectivity index (χ0v) is 17.0. The number of hydrogen-bond donors (Lipinski definition) is 3. The third-order valence-electron chi connectivity index (χ3n) is 4.29. The van der Waals surface area contributed by atoms with E-state index in [1.165, 1.54) is 6.21 Å². The van der Waals surface area contributed by atoms with Gasteiger partial charge in [0, 0.05) is 54.1 Å². The Hall–Kier alpha value is -2.73. The Morgan fingerprint density at radius 3 is 2.54 bits per heavy atom. The summed E-state index contributed by atoms with van der Waals surface area (Å²) >= 11 is 5.84. The molecular formula is C21H27ClN4O2. The molecule has 0 fully saturated rings. The SMILES string of the molecule is CCN(CC)c1ccc(C=NNC(=O)CCCNc2ccc(Cl)cc2)c(O)c1. The molecule has 0 radical (unpaired) electrons. The molecule has 0 aromatic heterocycles. The van der Waals surface area contributed by atoms with E-state index < -0.39 is 0 Å². The zero-order chi connectivity index (χ0) is 20.4. The van der Waals surface area contributed by atoms with Crippen LogP contribution < -0.4 is 15.6 Å². The molecule has 0 spiro atoms. The van der Waals surface area contributed by atoms with Crippen molar-refractivity contribution in [1.82, 2.24) is 5.43 Å². The number of rotatable bonds is 10. The normalized spacial score (nSPS) is 10.8. The first kappa shape index (κ1) is 21.6. The minimum atomic E-state index is -0.173. The van der Waals surface area contributed by atoms with Crippen LogP contribution in [0.25, 0.3) is 0 Å². The fraction of sp³-hybridized carbons (Fsp3) is 0.333. The van der Waals surface area contributed by atoms with E-state index in [0.717, 1.165) is 24.5 Å². The van der Waals surface area contributed by atoms with Gasteiger partial charge in [-0.1, -0.05) is 11.6 Å². The second kappa shape index (κ2) is 11.2. The number of hydrazone groups is 1. The fourth-order valence-electron chi connectivity index (χ4n) is 2.71. The van der Waals surface area contributed by atoms with Crippen molar-refractivity contribution in [3.8, 4) is 5.75 Å². The van der Waals surface area contributed by atoms with Gasteiger partial charge in [0.15, 0.2) is 0 Å². The maximum absolute atomic E-state index is 11.9. The summed E-state index contributed by atoms with van der Waals surface area (Å²) in [5.74, 6) is -0.0389. The number of aromatic hydroxyl groups is 1. The minimum absolute atomic E-state index is 0.134. The van der Waals surface area contributed by atoms with Gasteiger partial charge < -0.3 is 15.3 Å². The maximum Gasteiger partial charge on any atom is 0.240 e. The Balaban J connectivity index is 1.74. The Labute approximate surface area is 171 Å². The van der Waals surface area contributed by atoms with Gasteiger partial charge in [0.1, 0.15) is 5.75 Å². The first-order chi connectivity index (χ1) is 13.5. The monoisotopic (exact) mass is 402 g/mol. The molecule has 150 valence electrons. The lowest BCUT2D eigenvalue weighted by molar-refractivity contribution is -0.121. The molecule has 0 aliphatic heterocycles. The summed E-state index contributed by atoms with van der Waals surface area (Å²) in [5.41, 5.74) is 4.96. The molecular weight excluding hydrogens is 376 g/mol. The quantitative estimate of drug-likeness (QED) is 0.315. The van der Waals surface area contributed by atoms with Crippen LogP contribution in [0, 0.1) is 0 Å². The number of carbonyl (C=O) groups excluding carboxylic acids is 1. The number of anilines is 2. The smallest absolute Gasteiger partial charge is 0.240 e. The molecule has 0 aliphatic rings. The Bertz CT molecular complexity index is 789. The third kappa shape index (κ3) is 6.78. The van der Waals surface area contributed by atoms with Crippen LogP contribution in [0.2, 0.25) is 5.02 Å². The van der Waals surface area contributed by atoms with E-state index >= 15 is 0 Å². The first-order valence-corrected chi connectivity index (χ1v) is 9.80. The van der Waals surface area contributed by atoms with Crippen LogP contribution in [-0.4, -0.2) is 36.9 Å². The van der Waals surface area contributed by atoms with E-state index in [0.29, 0.717) is 30.0 Å². The van der Waals surface area contributed by atoms with Gasteiger partial charge in [-0.15, -0.1) is 0 Å². The van der Waals surface area contributed by atoms with Crippen LogP contribution in [0.1, 0.15) is 32.3 Å². The largest absolute Gasteiger partial charge is 0.507 e. The Morgan fingerprint density at radius 2 is 1.89 bits per heavy atom. The van der Waals surface area contributed by atoms with E-state index in [1.807, 2.05) is 30.3 Å². The molecule has 28 heavy (non-hydrogen) atoms. The topological polar surface area (TPSA) is 77.0 Å². The minimum Gasteiger partial charge on any atom is -0.507 e. The van der Waals surface area contributed by atoms with Crippen molar-refractivity contribution in [2.24, 2.45) is 5.10 Å². The van der Waals surface area contributed by atoms with Crippen molar-refractivity contribution in [2.45, 2.75) is 26.7 Å². The second-order valence-corrected chi connectivity index (χ2v) is 6.68. The number of benzene rings is 2. The van der Waals surface area contributed by atoms with Crippen LogP contribution >= 0.6 is 11.6 Å². The van der Waals surface area contributed by atoms with Crippen LogP contribution in [0.15, 0.2) is 47.6 Å². The van der Waals surface area contributed by atoms with Gasteiger partial charge in [-0.2, -0.15) is 5.10 Å². The van der Waals surface area contributed by atoms with E-state index in [4.69, 9.17) is 11.6 Å². The van der Waals surface area contributed by atoms with Gasteiger partial charge in [-0.05, 0) is 56.7 Å². The van der Waals surface area contributed by atoms with Crippen molar-refractivity contribution in [3.63, 3.8) is 0 Å². The highest BCUT2D eigenvalue weighted by atomic mass is 35.5. The molecule has 0 heterocycles. The number of carbonyl (C=O) groups is 1. The Kier molecular flexibility index (Phi) is 8.62. The molecule has 3 N–H and O–H groups in total. The number of halogens is 1. The standard InChI is InChI=1S/C21H27ClN4O2/c1-3-26(4-2)19-12-7-16(20(27)14-19)15-24-25-21(28)6-5-13-23-18-10-8-17(22)9-11-18/h7-12,14-15,23,27H,3-6,13H2,1-2H3,(H,25,28). The van der Waals surface area contributed by atoms with Gasteiger partial charge in [0.05, 0.1) is 6.21 Å². The summed E-state index contributed by atoms with van der Waals surface area (Å²) in [7, 11) is 0. The van der Waals surface area contributed by atoms with Gasteiger partial charge in [-0.3, -0.25) is 4.79 Å². The molecule has 2 aromatic carbocycles. The summed E-state index contributed by atoms with van der Waals surface area (Å²) in [6.07, 6.45) is 2.48. The molecule has 2 rings (SSSR count). The number of phenols is 1. The molecule has 7 heteroatoms. The molecule has 1 amide bonds. The third-order valence-corrected chi connectivity index (χ3v) is 4.54. The van der Waals surface area contributed by atoms with Gasteiger partial charge >= 0.3 is 0 Å². The maximum atomic E-state index is 11.9. The van der Waals surface area contributed by atoms with E-state index in [9.17, 15) is 9.90 Å². The molecule has 0 bridgehead atoms. The first-order valence-electron chi connectivity index (χ1n) is 9.42. The average molecular weight is 403 g/mol. The number of nitrogens with one attached hydrogen (secondary N) is 2. The lowest BCUT2D eigenvalue weighted by Gasteiger charge is -2.21. The van der Waals surface area contributed by atoms with E-state index in [-0.39, 0.29) is 11.7 Å². The van der Waals surface area contributed by atoms with Crippen molar-refractivity contribution >= 4 is 35.1 Å². The zero-order valence-electron chi connectivity index (χ0n) is 16.3. The van der Waals surface area contributed by atoms with Crippen LogP contribution in [0.4, 0.5) is 11.4 Å². The fourth-order valence-corrected chi connectivity index (χ4v) is 2.83. The van der Waals surface area contributed by atoms with Crippen molar-refractivity contribution in [2.75, 3.05) is 29.9 Å². The summed E-state index contributed by atoms with van der Waals surface area (Å²) in [6, 6.07) is 12.8. The number of nitrogens with zero attached hydrogens (tertiary/aromatic N) is 2. The van der Waals surface area contributed by atoms with Gasteiger partial charge in [0.2, 0.25) is 5.91 Å². The molecule has 2 aromatic rings. The van der Waals surface area contributed by atoms with Gasteiger partial charge in [0.25, 0.3) is 0 Å². The lowest BCUT2D eigenvalue weighted by atomic mass is 10.2. The summed E-state index contributed by atoms with van der Waals surface area (Å²) in [5, 5.41) is 18.0. The summed E-state index contributed by atoms with van der Waals surface area (Å²) in [4.78, 5) is 14.0. The van der Waals surface area contributed by atoms with Crippen molar-refractivity contribution < 1.29 is 9.90 Å². The highest BCUT2D eigenvalue weighted by Crippen LogP contribution is 2.23. The predicted octanol–water partition coefficient (Wildman–Crippen LogP) is 4.23. The highest BCUT2D eigenvalue weighted by Gasteiger charge is 2.06. The highest BCUT2D eigenvalue weighted by molar-refractivity contribution is 6.30. The number of hydrogen-bond acceptors (Lipinski definition) is 5. The summed E-state index contributed by atoms with van der Waals surface area (Å²) < 4.78 is 0. The number of phenolic OH excluding ortho intramolecular Hbond substituents is 1. The van der Waals surface area contributed by atoms with Crippen molar-refractivity contribution in [1.29, 1.82) is 0 Å². The molecule has 0 saturated heterocycles. The lowest BCUT2D eigenvalue weighted by Crippen LogP contribution is -2.21. The molecule has 0 unspecified atom stereocenters. The molecule has 0 atom stereocenters. The average Bonchev–Trinajstić information content (AvgIpc) is 2.69. The second-order valence-electron chi connectivity index (χ2n) is 6.25. The Morgan fingerprint density at radius 1 is 1.18 bits per heavy atom. The van der Waals surface area contributed by atoms with Crippen LogP contribution in [0.3, 0.4) is 0 Å². The van der Waals surface area contributed by atoms with Gasteiger partial charge in [-0.25, -0.2) is 5.43 Å². The van der Waals surface area contributed by atoms with E-state index in [1.54, 1.807) is 12.1 Å².